The Hall–Kier alpha value is -0.860. The highest BCUT2D eigenvalue weighted by Gasteiger charge is 2.15. The lowest BCUT2D eigenvalue weighted by Crippen LogP contribution is -2.14. The van der Waals surface area contributed by atoms with E-state index in [0.29, 0.717) is 5.92 Å². The number of hydrogen-bond donors (Lipinski definition) is 1. The largest absolute Gasteiger partial charge is 0.376 e. The van der Waals surface area contributed by atoms with Gasteiger partial charge in [-0.15, -0.1) is 0 Å². The van der Waals surface area contributed by atoms with Crippen molar-refractivity contribution in [2.24, 2.45) is 5.92 Å². The van der Waals surface area contributed by atoms with E-state index >= 15 is 0 Å². The second-order valence-corrected chi connectivity index (χ2v) is 6.32. The van der Waals surface area contributed by atoms with E-state index in [1.54, 1.807) is 0 Å². The van der Waals surface area contributed by atoms with Crippen molar-refractivity contribution in [2.75, 3.05) is 19.7 Å². The van der Waals surface area contributed by atoms with Crippen molar-refractivity contribution in [1.29, 1.82) is 0 Å². The Balaban J connectivity index is 1.79. The Kier molecular flexibility index (Phi) is 4.41. The van der Waals surface area contributed by atoms with Crippen LogP contribution in [-0.4, -0.2) is 19.7 Å². The van der Waals surface area contributed by atoms with Gasteiger partial charge in [-0.3, -0.25) is 0 Å². The van der Waals surface area contributed by atoms with Crippen molar-refractivity contribution in [1.82, 2.24) is 5.32 Å². The van der Waals surface area contributed by atoms with Crippen molar-refractivity contribution in [3.63, 3.8) is 0 Å². The van der Waals surface area contributed by atoms with Gasteiger partial charge in [0.25, 0.3) is 0 Å². The fourth-order valence-electron chi connectivity index (χ4n) is 2.30. The van der Waals surface area contributed by atoms with Gasteiger partial charge in [-0.25, -0.2) is 0 Å². The summed E-state index contributed by atoms with van der Waals surface area (Å²) >= 11 is 0. The molecule has 18 heavy (non-hydrogen) atoms. The van der Waals surface area contributed by atoms with Crippen LogP contribution >= 0.6 is 0 Å². The molecule has 1 N–H and O–H groups in total. The Bertz CT molecular complexity index is 358. The van der Waals surface area contributed by atoms with Crippen molar-refractivity contribution >= 4 is 0 Å². The highest BCUT2D eigenvalue weighted by Crippen LogP contribution is 2.22. The Morgan fingerprint density at radius 3 is 2.50 bits per heavy atom. The molecule has 1 saturated heterocycles. The third-order valence-corrected chi connectivity index (χ3v) is 3.60. The van der Waals surface area contributed by atoms with Crippen LogP contribution < -0.4 is 5.32 Å². The average Bonchev–Trinajstić information content (AvgIpc) is 2.82. The molecule has 2 nitrogen and oxygen atoms in total. The van der Waals surface area contributed by atoms with Crippen LogP contribution in [0, 0.1) is 5.92 Å². The van der Waals surface area contributed by atoms with Crippen LogP contribution in [0.2, 0.25) is 0 Å². The maximum atomic E-state index is 5.79. The molecule has 2 rings (SSSR count). The van der Waals surface area contributed by atoms with Gasteiger partial charge >= 0.3 is 0 Å². The average molecular weight is 247 g/mol. The highest BCUT2D eigenvalue weighted by atomic mass is 16.5. The third kappa shape index (κ3) is 3.82. The van der Waals surface area contributed by atoms with Crippen LogP contribution in [0.4, 0.5) is 0 Å². The Morgan fingerprint density at radius 2 is 1.94 bits per heavy atom. The molecular formula is C16H25NO. The molecule has 1 aromatic rings. The van der Waals surface area contributed by atoms with Crippen molar-refractivity contribution in [2.45, 2.75) is 39.2 Å². The first-order valence-electron chi connectivity index (χ1n) is 6.93. The van der Waals surface area contributed by atoms with Gasteiger partial charge in [0.05, 0.1) is 13.2 Å². The minimum absolute atomic E-state index is 0.231. The highest BCUT2D eigenvalue weighted by molar-refractivity contribution is 5.27. The number of nitrogens with one attached hydrogen (secondary N) is 1. The van der Waals surface area contributed by atoms with Crippen LogP contribution in [0.1, 0.15) is 38.3 Å². The van der Waals surface area contributed by atoms with Gasteiger partial charge in [-0.05, 0) is 35.4 Å². The molecule has 0 aromatic heterocycles. The van der Waals surface area contributed by atoms with E-state index in [1.165, 1.54) is 17.5 Å². The summed E-state index contributed by atoms with van der Waals surface area (Å²) in [5.74, 6) is 0.707. The van der Waals surface area contributed by atoms with Gasteiger partial charge in [-0.1, -0.05) is 45.0 Å². The van der Waals surface area contributed by atoms with Gasteiger partial charge < -0.3 is 10.1 Å². The minimum Gasteiger partial charge on any atom is -0.376 e. The summed E-state index contributed by atoms with van der Waals surface area (Å²) in [6.45, 7) is 10.6. The van der Waals surface area contributed by atoms with Crippen LogP contribution in [0.25, 0.3) is 0 Å². The molecule has 1 heterocycles. The molecule has 0 spiro atoms. The van der Waals surface area contributed by atoms with Crippen LogP contribution in [0.3, 0.4) is 0 Å². The fourth-order valence-corrected chi connectivity index (χ4v) is 2.30. The summed E-state index contributed by atoms with van der Waals surface area (Å²) in [5.41, 5.74) is 2.88. The molecule has 0 saturated carbocycles. The summed E-state index contributed by atoms with van der Waals surface area (Å²) < 4.78 is 5.79. The molecule has 1 aliphatic rings. The molecule has 0 aliphatic carbocycles. The molecule has 1 fully saturated rings. The van der Waals surface area contributed by atoms with Crippen molar-refractivity contribution < 1.29 is 4.74 Å². The first-order valence-corrected chi connectivity index (χ1v) is 6.93. The van der Waals surface area contributed by atoms with E-state index in [0.717, 1.165) is 26.3 Å². The maximum absolute atomic E-state index is 5.79. The lowest BCUT2D eigenvalue weighted by molar-refractivity contribution is 0.0924. The lowest BCUT2D eigenvalue weighted by atomic mass is 9.87. The number of ether oxygens (including phenoxy) is 1. The van der Waals surface area contributed by atoms with Gasteiger partial charge in [0.2, 0.25) is 0 Å². The van der Waals surface area contributed by atoms with Crippen LogP contribution in [0.5, 0.6) is 0 Å². The molecule has 0 amide bonds. The second-order valence-electron chi connectivity index (χ2n) is 6.32. The van der Waals surface area contributed by atoms with E-state index in [2.05, 4.69) is 50.4 Å². The Morgan fingerprint density at radius 1 is 1.22 bits per heavy atom. The van der Waals surface area contributed by atoms with Crippen molar-refractivity contribution in [3.8, 4) is 0 Å². The van der Waals surface area contributed by atoms with E-state index in [1.807, 2.05) is 0 Å². The molecule has 0 bridgehead atoms. The molecule has 0 unspecified atom stereocenters. The van der Waals surface area contributed by atoms with Gasteiger partial charge in [0.15, 0.2) is 0 Å². The Labute approximate surface area is 111 Å². The van der Waals surface area contributed by atoms with Crippen LogP contribution in [-0.2, 0) is 16.8 Å². The molecule has 100 valence electrons. The second kappa shape index (κ2) is 5.85. The topological polar surface area (TPSA) is 21.3 Å². The zero-order valence-corrected chi connectivity index (χ0v) is 11.8. The molecule has 2 heteroatoms. The smallest absolute Gasteiger partial charge is 0.0717 e. The molecule has 1 atom stereocenters. The minimum atomic E-state index is 0.231. The van der Waals surface area contributed by atoms with E-state index < -0.39 is 0 Å². The summed E-state index contributed by atoms with van der Waals surface area (Å²) in [6, 6.07) is 8.81. The van der Waals surface area contributed by atoms with Gasteiger partial charge in [0.1, 0.15) is 0 Å². The number of benzene rings is 1. The molecule has 1 aromatic carbocycles. The zero-order valence-electron chi connectivity index (χ0n) is 11.8. The van der Waals surface area contributed by atoms with E-state index in [4.69, 9.17) is 4.74 Å². The molecule has 1 aliphatic heterocycles. The predicted octanol–water partition coefficient (Wildman–Crippen LogP) is 3.11. The lowest BCUT2D eigenvalue weighted by Gasteiger charge is -2.19. The number of hydrogen-bond acceptors (Lipinski definition) is 2. The van der Waals surface area contributed by atoms with E-state index in [9.17, 15) is 0 Å². The summed E-state index contributed by atoms with van der Waals surface area (Å²) in [7, 11) is 0. The fraction of sp³-hybridized carbons (Fsp3) is 0.625. The maximum Gasteiger partial charge on any atom is 0.0717 e. The van der Waals surface area contributed by atoms with Gasteiger partial charge in [0, 0.05) is 6.54 Å². The third-order valence-electron chi connectivity index (χ3n) is 3.60. The first kappa shape index (κ1) is 13.6. The summed E-state index contributed by atoms with van der Waals surface area (Å²) in [4.78, 5) is 0. The monoisotopic (exact) mass is 247 g/mol. The van der Waals surface area contributed by atoms with Crippen molar-refractivity contribution in [3.05, 3.63) is 35.4 Å². The standard InChI is InChI=1S/C16H25NO/c1-16(2,3)15-6-4-13(5-7-15)11-18-12-14-8-9-17-10-14/h4-7,14,17H,8-12H2,1-3H3/t14-/m1/s1. The van der Waals surface area contributed by atoms with E-state index in [-0.39, 0.29) is 5.41 Å². The zero-order chi connectivity index (χ0) is 13.0. The number of rotatable bonds is 4. The van der Waals surface area contributed by atoms with Gasteiger partial charge in [-0.2, -0.15) is 0 Å². The normalized spacial score (nSPS) is 20.3. The summed E-state index contributed by atoms with van der Waals surface area (Å²) in [6.07, 6.45) is 1.25. The van der Waals surface area contributed by atoms with Crippen LogP contribution in [0.15, 0.2) is 24.3 Å². The summed E-state index contributed by atoms with van der Waals surface area (Å²) in [5, 5.41) is 3.37. The first-order chi connectivity index (χ1) is 8.55. The quantitative estimate of drug-likeness (QED) is 0.882. The SMILES string of the molecule is CC(C)(C)c1ccc(COC[C@@H]2CCNC2)cc1. The predicted molar refractivity (Wildman–Crippen MR) is 75.8 cm³/mol. The molecular weight excluding hydrogens is 222 g/mol. The molecule has 0 radical (unpaired) electrons.